The normalized spacial score (nSPS) is 9.80. The second kappa shape index (κ2) is 27.4. The summed E-state index contributed by atoms with van der Waals surface area (Å²) < 4.78 is 4.83. The summed E-state index contributed by atoms with van der Waals surface area (Å²) in [7, 11) is 0. The summed E-state index contributed by atoms with van der Waals surface area (Å²) in [6.07, 6.45) is 22.2. The van der Waals surface area contributed by atoms with E-state index in [2.05, 4.69) is 6.92 Å². The minimum atomic E-state index is -0.522. The molecule has 0 unspecified atom stereocenters. The molecule has 0 saturated heterocycles. The van der Waals surface area contributed by atoms with E-state index in [9.17, 15) is 4.79 Å². The fourth-order valence-corrected chi connectivity index (χ4v) is 2.86. The van der Waals surface area contributed by atoms with Crippen molar-refractivity contribution in [2.24, 2.45) is 0 Å². The van der Waals surface area contributed by atoms with Gasteiger partial charge in [0.2, 0.25) is 0 Å². The predicted octanol–water partition coefficient (Wildman–Crippen LogP) is 5.14. The first-order chi connectivity index (χ1) is 11.3. The molecule has 0 atom stereocenters. The number of rotatable bonds is 18. The van der Waals surface area contributed by atoms with Crippen LogP contribution in [-0.4, -0.2) is 77.9 Å². The molecule has 0 aliphatic rings. The van der Waals surface area contributed by atoms with Crippen LogP contribution < -0.4 is 0 Å². The first-order valence-electron chi connectivity index (χ1n) is 9.98. The summed E-state index contributed by atoms with van der Waals surface area (Å²) in [6.45, 7) is 2.74. The maximum absolute atomic E-state index is 10.7. The Balaban J connectivity index is -0.00000242. The van der Waals surface area contributed by atoms with Gasteiger partial charge in [-0.2, -0.15) is 0 Å². The molecule has 0 aromatic rings. The van der Waals surface area contributed by atoms with Gasteiger partial charge in [-0.3, -0.25) is 0 Å². The van der Waals surface area contributed by atoms with Crippen LogP contribution in [0, 0.1) is 5.41 Å². The van der Waals surface area contributed by atoms with Gasteiger partial charge in [-0.1, -0.05) is 103 Å². The van der Waals surface area contributed by atoms with Crippen LogP contribution in [0.2, 0.25) is 0 Å². The number of esters is 1. The Kier molecular flexibility index (Phi) is 33.8. The average molecular weight is 374 g/mol. The summed E-state index contributed by atoms with van der Waals surface area (Å²) in [5.74, 6) is -0.522. The molecule has 25 heavy (non-hydrogen) atoms. The van der Waals surface area contributed by atoms with Gasteiger partial charge in [-0.15, -0.1) is 0 Å². The molecule has 0 aromatic carbocycles. The summed E-state index contributed by atoms with van der Waals surface area (Å²) in [6, 6.07) is 0. The molecule has 5 heteroatoms. The van der Waals surface area contributed by atoms with Crippen molar-refractivity contribution < 1.29 is 9.53 Å². The van der Waals surface area contributed by atoms with Crippen molar-refractivity contribution in [3.63, 3.8) is 0 Å². The van der Waals surface area contributed by atoms with Crippen molar-refractivity contribution in [3.05, 3.63) is 0 Å². The van der Waals surface area contributed by atoms with E-state index in [1.54, 1.807) is 0 Å². The number of hydrogen-bond acceptors (Lipinski definition) is 3. The fourth-order valence-electron chi connectivity index (χ4n) is 2.86. The van der Waals surface area contributed by atoms with Crippen LogP contribution in [0.4, 0.5) is 0 Å². The maximum atomic E-state index is 10.7. The first-order valence-corrected chi connectivity index (χ1v) is 9.98. The van der Waals surface area contributed by atoms with Crippen LogP contribution >= 0.6 is 0 Å². The number of carbonyl (C=O) groups excluding carboxylic acids is 1. The van der Waals surface area contributed by atoms with Crippen molar-refractivity contribution in [2.45, 2.75) is 110 Å². The fraction of sp³-hybridized carbons (Fsp3) is 0.900. The number of nitrogens with one attached hydrogen (secondary N) is 1. The van der Waals surface area contributed by atoms with Crippen LogP contribution in [0.5, 0.6) is 0 Å². The SMILES string of the molecule is CCCCCCCCCCCCCCCCCCOC(=O)C=N.[NaH].[NaH]. The second-order valence-corrected chi connectivity index (χ2v) is 6.62. The monoisotopic (exact) mass is 373 g/mol. The van der Waals surface area contributed by atoms with Gasteiger partial charge in [0.05, 0.1) is 6.61 Å². The summed E-state index contributed by atoms with van der Waals surface area (Å²) in [5, 5.41) is 6.71. The van der Waals surface area contributed by atoms with Crippen LogP contribution in [0.1, 0.15) is 110 Å². The van der Waals surface area contributed by atoms with E-state index in [-0.39, 0.29) is 59.1 Å². The molecule has 0 aliphatic carbocycles. The van der Waals surface area contributed by atoms with Gasteiger partial charge < -0.3 is 10.1 Å². The van der Waals surface area contributed by atoms with E-state index < -0.39 is 5.97 Å². The Hall–Kier alpha value is 1.14. The van der Waals surface area contributed by atoms with E-state index in [4.69, 9.17) is 10.1 Å². The zero-order valence-electron chi connectivity index (χ0n) is 15.4. The predicted molar refractivity (Wildman–Crippen MR) is 114 cm³/mol. The molecular formula is C20H41NNa2O2. The molecule has 0 bridgehead atoms. The van der Waals surface area contributed by atoms with Gasteiger partial charge in [-0.05, 0) is 6.42 Å². The topological polar surface area (TPSA) is 50.2 Å². The van der Waals surface area contributed by atoms with Crippen molar-refractivity contribution in [1.82, 2.24) is 0 Å². The van der Waals surface area contributed by atoms with E-state index in [0.717, 1.165) is 19.1 Å². The Morgan fingerprint density at radius 2 is 1.00 bits per heavy atom. The van der Waals surface area contributed by atoms with Crippen molar-refractivity contribution in [3.8, 4) is 0 Å². The van der Waals surface area contributed by atoms with E-state index in [1.165, 1.54) is 89.9 Å². The Morgan fingerprint density at radius 3 is 1.32 bits per heavy atom. The zero-order valence-corrected chi connectivity index (χ0v) is 15.4. The third kappa shape index (κ3) is 27.5. The first kappa shape index (κ1) is 30.9. The molecule has 0 amide bonds. The van der Waals surface area contributed by atoms with E-state index >= 15 is 0 Å². The molecule has 0 saturated carbocycles. The molecule has 0 aromatic heterocycles. The molecule has 0 spiro atoms. The molecular weight excluding hydrogens is 332 g/mol. The van der Waals surface area contributed by atoms with Crippen molar-refractivity contribution in [2.75, 3.05) is 6.61 Å². The van der Waals surface area contributed by atoms with E-state index in [0.29, 0.717) is 6.61 Å². The van der Waals surface area contributed by atoms with Crippen molar-refractivity contribution >= 4 is 71.3 Å². The van der Waals surface area contributed by atoms with Gasteiger partial charge >= 0.3 is 65.1 Å². The van der Waals surface area contributed by atoms with Crippen LogP contribution in [-0.2, 0) is 9.53 Å². The van der Waals surface area contributed by atoms with Gasteiger partial charge in [0.1, 0.15) is 6.21 Å². The number of carbonyl (C=O) groups is 1. The standard InChI is InChI=1S/C20H39NO2.2Na.2H/c1-2-3-4-5-6-7-8-9-10-11-12-13-14-15-16-17-18-23-20(22)19-21;;;;/h19,21H,2-18H2,1H3;;;;. The second-order valence-electron chi connectivity index (χ2n) is 6.62. The van der Waals surface area contributed by atoms with E-state index in [1.807, 2.05) is 0 Å². The average Bonchev–Trinajstić information content (AvgIpc) is 2.57. The van der Waals surface area contributed by atoms with Crippen LogP contribution in [0.25, 0.3) is 0 Å². The molecule has 140 valence electrons. The van der Waals surface area contributed by atoms with Gasteiger partial charge in [0.25, 0.3) is 0 Å². The van der Waals surface area contributed by atoms with Gasteiger partial charge in [0.15, 0.2) is 0 Å². The van der Waals surface area contributed by atoms with Gasteiger partial charge in [0, 0.05) is 0 Å². The Labute approximate surface area is 200 Å². The number of unbranched alkanes of at least 4 members (excludes halogenated alkanes) is 15. The van der Waals surface area contributed by atoms with Crippen LogP contribution in [0.15, 0.2) is 0 Å². The van der Waals surface area contributed by atoms with Crippen molar-refractivity contribution in [1.29, 1.82) is 5.41 Å². The van der Waals surface area contributed by atoms with Gasteiger partial charge in [-0.25, -0.2) is 4.79 Å². The molecule has 3 nitrogen and oxygen atoms in total. The quantitative estimate of drug-likeness (QED) is 0.156. The number of ether oxygens (including phenoxy) is 1. The molecule has 1 N–H and O–H groups in total. The molecule has 0 rings (SSSR count). The number of hydrogen-bond donors (Lipinski definition) is 1. The molecule has 0 aliphatic heterocycles. The summed E-state index contributed by atoms with van der Waals surface area (Å²) >= 11 is 0. The Morgan fingerprint density at radius 1 is 0.680 bits per heavy atom. The molecule has 0 heterocycles. The summed E-state index contributed by atoms with van der Waals surface area (Å²) in [5.41, 5.74) is 0. The molecule has 0 radical (unpaired) electrons. The minimum absolute atomic E-state index is 0. The third-order valence-corrected chi connectivity index (χ3v) is 4.36. The third-order valence-electron chi connectivity index (χ3n) is 4.36. The Bertz CT molecular complexity index is 276. The molecule has 0 fully saturated rings. The summed E-state index contributed by atoms with van der Waals surface area (Å²) in [4.78, 5) is 10.7. The zero-order chi connectivity index (χ0) is 17.0. The van der Waals surface area contributed by atoms with Crippen LogP contribution in [0.3, 0.4) is 0 Å².